The Balaban J connectivity index is 2.88. The molecule has 1 nitrogen and oxygen atoms in total. The first-order valence-corrected chi connectivity index (χ1v) is 5.76. The van der Waals surface area contributed by atoms with Crippen molar-refractivity contribution in [3.63, 3.8) is 0 Å². The Labute approximate surface area is 85.6 Å². The first kappa shape index (κ1) is 10.2. The molecule has 0 aliphatic rings. The molecule has 1 N–H and O–H groups in total. The van der Waals surface area contributed by atoms with Crippen LogP contribution in [0, 0.1) is 0 Å². The fraction of sp³-hybridized carbons (Fsp3) is 0.556. The zero-order valence-electron chi connectivity index (χ0n) is 7.30. The van der Waals surface area contributed by atoms with E-state index in [-0.39, 0.29) is 0 Å². The van der Waals surface area contributed by atoms with E-state index in [0.29, 0.717) is 0 Å². The lowest BCUT2D eigenvalue weighted by atomic mass is 9.94. The predicted molar refractivity (Wildman–Crippen MR) is 56.5 cm³/mol. The average molecular weight is 249 g/mol. The summed E-state index contributed by atoms with van der Waals surface area (Å²) in [5, 5.41) is 14.0. The summed E-state index contributed by atoms with van der Waals surface area (Å²) in [5.74, 6) is 0. The Kier molecular flexibility index (Phi) is 3.32. The maximum absolute atomic E-state index is 10.0. The summed E-state index contributed by atoms with van der Waals surface area (Å²) in [6.45, 7) is 3.94. The molecule has 0 saturated heterocycles. The molecule has 0 spiro atoms. The molecule has 0 amide bonds. The molecule has 1 unspecified atom stereocenters. The third-order valence-electron chi connectivity index (χ3n) is 1.93. The first-order valence-electron chi connectivity index (χ1n) is 4.02. The number of hydrogen-bond donors (Lipinski definition) is 1. The van der Waals surface area contributed by atoms with Crippen LogP contribution in [-0.4, -0.2) is 5.11 Å². The third-order valence-corrected chi connectivity index (χ3v) is 3.63. The molecule has 0 aliphatic heterocycles. The highest BCUT2D eigenvalue weighted by Crippen LogP contribution is 2.34. The van der Waals surface area contributed by atoms with Crippen molar-refractivity contribution in [2.45, 2.75) is 32.3 Å². The Bertz CT molecular complexity index is 255. The highest BCUT2D eigenvalue weighted by atomic mass is 79.9. The Hall–Kier alpha value is 0.140. The molecule has 1 aromatic heterocycles. The fourth-order valence-corrected chi connectivity index (χ4v) is 3.14. The van der Waals surface area contributed by atoms with Crippen LogP contribution in [0.15, 0.2) is 15.2 Å². The van der Waals surface area contributed by atoms with Gasteiger partial charge in [0.15, 0.2) is 0 Å². The SMILES string of the molecule is CCCC(C)(O)c1cscc1Br. The van der Waals surface area contributed by atoms with Gasteiger partial charge in [-0.25, -0.2) is 0 Å². The van der Waals surface area contributed by atoms with Crippen molar-refractivity contribution in [1.29, 1.82) is 0 Å². The Morgan fingerprint density at radius 1 is 1.58 bits per heavy atom. The van der Waals surface area contributed by atoms with E-state index < -0.39 is 5.60 Å². The van der Waals surface area contributed by atoms with Crippen molar-refractivity contribution in [2.75, 3.05) is 0 Å². The minimum absolute atomic E-state index is 0.673. The van der Waals surface area contributed by atoms with Gasteiger partial charge in [-0.05, 0) is 34.7 Å². The monoisotopic (exact) mass is 248 g/mol. The fourth-order valence-electron chi connectivity index (χ4n) is 1.29. The number of aliphatic hydroxyl groups is 1. The summed E-state index contributed by atoms with van der Waals surface area (Å²) in [4.78, 5) is 0. The smallest absolute Gasteiger partial charge is 0.0887 e. The molecular formula is C9H13BrOS. The zero-order valence-corrected chi connectivity index (χ0v) is 9.70. The van der Waals surface area contributed by atoms with Crippen LogP contribution in [0.2, 0.25) is 0 Å². The molecule has 1 atom stereocenters. The lowest BCUT2D eigenvalue weighted by Crippen LogP contribution is -2.20. The Morgan fingerprint density at radius 3 is 2.67 bits per heavy atom. The Morgan fingerprint density at radius 2 is 2.25 bits per heavy atom. The van der Waals surface area contributed by atoms with E-state index >= 15 is 0 Å². The van der Waals surface area contributed by atoms with Crippen LogP contribution in [0.3, 0.4) is 0 Å². The third kappa shape index (κ3) is 2.09. The molecule has 0 aromatic carbocycles. The molecule has 1 rings (SSSR count). The highest BCUT2D eigenvalue weighted by molar-refractivity contribution is 9.10. The van der Waals surface area contributed by atoms with E-state index in [9.17, 15) is 5.11 Å². The largest absolute Gasteiger partial charge is 0.385 e. The van der Waals surface area contributed by atoms with Crippen molar-refractivity contribution in [3.05, 3.63) is 20.8 Å². The van der Waals surface area contributed by atoms with Gasteiger partial charge >= 0.3 is 0 Å². The topological polar surface area (TPSA) is 20.2 Å². The van der Waals surface area contributed by atoms with E-state index in [1.807, 2.05) is 17.7 Å². The molecule has 0 saturated carbocycles. The van der Waals surface area contributed by atoms with Gasteiger partial charge in [-0.15, -0.1) is 0 Å². The van der Waals surface area contributed by atoms with Gasteiger partial charge in [0.2, 0.25) is 0 Å². The maximum atomic E-state index is 10.0. The summed E-state index contributed by atoms with van der Waals surface area (Å²) < 4.78 is 1.02. The number of thiophene rings is 1. The average Bonchev–Trinajstić information content (AvgIpc) is 2.35. The van der Waals surface area contributed by atoms with Crippen molar-refractivity contribution in [3.8, 4) is 0 Å². The first-order chi connectivity index (χ1) is 5.58. The van der Waals surface area contributed by atoms with Crippen LogP contribution in [0.25, 0.3) is 0 Å². The minimum Gasteiger partial charge on any atom is -0.385 e. The van der Waals surface area contributed by atoms with E-state index in [1.165, 1.54) is 0 Å². The molecule has 0 radical (unpaired) electrons. The molecule has 1 aromatic rings. The molecule has 3 heteroatoms. The maximum Gasteiger partial charge on any atom is 0.0887 e. The zero-order chi connectivity index (χ0) is 9.19. The summed E-state index contributed by atoms with van der Waals surface area (Å²) in [6.07, 6.45) is 1.80. The summed E-state index contributed by atoms with van der Waals surface area (Å²) in [7, 11) is 0. The van der Waals surface area contributed by atoms with Crippen LogP contribution in [-0.2, 0) is 5.60 Å². The molecule has 0 aliphatic carbocycles. The minimum atomic E-state index is -0.673. The van der Waals surface area contributed by atoms with Gasteiger partial charge in [0, 0.05) is 15.4 Å². The summed E-state index contributed by atoms with van der Waals surface area (Å²) >= 11 is 5.03. The summed E-state index contributed by atoms with van der Waals surface area (Å²) in [5.41, 5.74) is 0.336. The number of rotatable bonds is 3. The lowest BCUT2D eigenvalue weighted by Gasteiger charge is -2.22. The predicted octanol–water partition coefficient (Wildman–Crippen LogP) is 3.52. The van der Waals surface area contributed by atoms with Crippen molar-refractivity contribution in [2.24, 2.45) is 0 Å². The van der Waals surface area contributed by atoms with Gasteiger partial charge in [-0.1, -0.05) is 13.3 Å². The molecule has 0 fully saturated rings. The van der Waals surface area contributed by atoms with Crippen LogP contribution >= 0.6 is 27.3 Å². The van der Waals surface area contributed by atoms with Crippen LogP contribution in [0.4, 0.5) is 0 Å². The quantitative estimate of drug-likeness (QED) is 0.868. The second-order valence-electron chi connectivity index (χ2n) is 3.16. The van der Waals surface area contributed by atoms with Gasteiger partial charge in [0.1, 0.15) is 0 Å². The lowest BCUT2D eigenvalue weighted by molar-refractivity contribution is 0.0467. The van der Waals surface area contributed by atoms with Gasteiger partial charge in [-0.2, -0.15) is 11.3 Å². The molecule has 0 bridgehead atoms. The normalized spacial score (nSPS) is 16.0. The van der Waals surface area contributed by atoms with Gasteiger partial charge in [0.05, 0.1) is 5.60 Å². The van der Waals surface area contributed by atoms with E-state index in [4.69, 9.17) is 0 Å². The second-order valence-corrected chi connectivity index (χ2v) is 4.76. The van der Waals surface area contributed by atoms with E-state index in [0.717, 1.165) is 22.9 Å². The number of hydrogen-bond acceptors (Lipinski definition) is 2. The van der Waals surface area contributed by atoms with Crippen LogP contribution < -0.4 is 0 Å². The molecule has 12 heavy (non-hydrogen) atoms. The van der Waals surface area contributed by atoms with Gasteiger partial charge in [-0.3, -0.25) is 0 Å². The van der Waals surface area contributed by atoms with Gasteiger partial charge in [0.25, 0.3) is 0 Å². The van der Waals surface area contributed by atoms with Crippen molar-refractivity contribution in [1.82, 2.24) is 0 Å². The molecule has 68 valence electrons. The van der Waals surface area contributed by atoms with E-state index in [1.54, 1.807) is 11.3 Å². The van der Waals surface area contributed by atoms with Crippen molar-refractivity contribution < 1.29 is 5.11 Å². The van der Waals surface area contributed by atoms with Crippen molar-refractivity contribution >= 4 is 27.3 Å². The van der Waals surface area contributed by atoms with Crippen LogP contribution in [0.5, 0.6) is 0 Å². The number of halogens is 1. The highest BCUT2D eigenvalue weighted by Gasteiger charge is 2.24. The van der Waals surface area contributed by atoms with Crippen LogP contribution in [0.1, 0.15) is 32.3 Å². The molecule has 1 heterocycles. The molecular weight excluding hydrogens is 236 g/mol. The summed E-state index contributed by atoms with van der Waals surface area (Å²) in [6, 6.07) is 0. The van der Waals surface area contributed by atoms with Gasteiger partial charge < -0.3 is 5.11 Å². The van der Waals surface area contributed by atoms with E-state index in [2.05, 4.69) is 22.9 Å². The second kappa shape index (κ2) is 3.90. The standard InChI is InChI=1S/C9H13BrOS/c1-3-4-9(2,11)7-5-12-6-8(7)10/h5-6,11H,3-4H2,1-2H3.